The largest absolute Gasteiger partial charge is 1.00 e. The van der Waals surface area contributed by atoms with Crippen molar-refractivity contribution in [1.29, 1.82) is 0 Å². The number of aromatic carboxylic acids is 1. The third-order valence-corrected chi connectivity index (χ3v) is 4.47. The Morgan fingerprint density at radius 1 is 0.917 bits per heavy atom. The molecule has 0 aliphatic heterocycles. The Morgan fingerprint density at radius 3 is 1.96 bits per heavy atom. The number of benzene rings is 2. The SMILES string of the molecule is O=C1c2ccccc2C(=O)c2c1ccc(C(=O)O)c2S(=O)(=O)O.[H-].[Na+]. The minimum atomic E-state index is -5.03. The van der Waals surface area contributed by atoms with Crippen molar-refractivity contribution in [1.82, 2.24) is 0 Å². The molecule has 2 aromatic rings. The van der Waals surface area contributed by atoms with Crippen LogP contribution in [0.1, 0.15) is 43.6 Å². The standard InChI is InChI=1S/C15H8O7S.Na.H/c16-12-7-3-1-2-4-8(7)13(17)11-9(12)5-6-10(15(18)19)14(11)23(20,21)22;;/h1-6H,(H,18,19)(H,20,21,22);;/q;+1;-1. The molecular weight excluding hydrogens is 347 g/mol. The maximum atomic E-state index is 12.6. The first-order valence-electron chi connectivity index (χ1n) is 6.29. The number of carbonyl (C=O) groups excluding carboxylic acids is 2. The van der Waals surface area contributed by atoms with E-state index in [1.165, 1.54) is 18.2 Å². The third-order valence-electron chi connectivity index (χ3n) is 3.53. The molecule has 2 aromatic carbocycles. The van der Waals surface area contributed by atoms with Gasteiger partial charge >= 0.3 is 35.5 Å². The van der Waals surface area contributed by atoms with Crippen molar-refractivity contribution in [3.8, 4) is 0 Å². The summed E-state index contributed by atoms with van der Waals surface area (Å²) in [6.45, 7) is 0. The van der Waals surface area contributed by atoms with Gasteiger partial charge in [-0.25, -0.2) is 4.79 Å². The molecule has 2 N–H and O–H groups in total. The fourth-order valence-electron chi connectivity index (χ4n) is 2.59. The molecule has 0 unspecified atom stereocenters. The average Bonchev–Trinajstić information content (AvgIpc) is 2.50. The fraction of sp³-hybridized carbons (Fsp3) is 0. The van der Waals surface area contributed by atoms with Gasteiger partial charge in [-0.05, 0) is 12.1 Å². The molecule has 0 amide bonds. The van der Waals surface area contributed by atoms with Crippen molar-refractivity contribution in [3.05, 3.63) is 64.2 Å². The van der Waals surface area contributed by atoms with Gasteiger partial charge in [0.2, 0.25) is 0 Å². The number of carboxylic acids is 1. The van der Waals surface area contributed by atoms with Gasteiger partial charge in [0, 0.05) is 16.7 Å². The first-order valence-corrected chi connectivity index (χ1v) is 7.73. The van der Waals surface area contributed by atoms with Crippen molar-refractivity contribution in [3.63, 3.8) is 0 Å². The van der Waals surface area contributed by atoms with Gasteiger partial charge in [-0.2, -0.15) is 8.42 Å². The monoisotopic (exact) mass is 356 g/mol. The van der Waals surface area contributed by atoms with Crippen LogP contribution in [0.25, 0.3) is 0 Å². The van der Waals surface area contributed by atoms with Gasteiger partial charge in [-0.1, -0.05) is 24.3 Å². The number of fused-ring (bicyclic) bond motifs is 2. The van der Waals surface area contributed by atoms with E-state index in [2.05, 4.69) is 0 Å². The van der Waals surface area contributed by atoms with E-state index in [1.54, 1.807) is 6.07 Å². The van der Waals surface area contributed by atoms with E-state index in [-0.39, 0.29) is 47.7 Å². The summed E-state index contributed by atoms with van der Waals surface area (Å²) in [6.07, 6.45) is 0. The van der Waals surface area contributed by atoms with Crippen LogP contribution in [-0.2, 0) is 10.1 Å². The Morgan fingerprint density at radius 2 is 1.46 bits per heavy atom. The molecule has 0 fully saturated rings. The molecule has 0 saturated heterocycles. The molecule has 9 heteroatoms. The molecule has 0 bridgehead atoms. The molecule has 24 heavy (non-hydrogen) atoms. The molecular formula is C15H9NaO7S. The first kappa shape index (κ1) is 18.5. The van der Waals surface area contributed by atoms with Crippen molar-refractivity contribution < 1.29 is 63.4 Å². The van der Waals surface area contributed by atoms with E-state index in [0.717, 1.165) is 12.1 Å². The molecule has 118 valence electrons. The van der Waals surface area contributed by atoms with E-state index < -0.39 is 43.7 Å². The normalized spacial score (nSPS) is 12.9. The summed E-state index contributed by atoms with van der Waals surface area (Å²) in [5.74, 6) is -3.08. The minimum Gasteiger partial charge on any atom is -1.00 e. The van der Waals surface area contributed by atoms with Crippen LogP contribution >= 0.6 is 0 Å². The van der Waals surface area contributed by atoms with E-state index in [9.17, 15) is 27.4 Å². The number of ketones is 2. The Labute approximate surface area is 159 Å². The molecule has 0 saturated carbocycles. The van der Waals surface area contributed by atoms with Crippen LogP contribution in [0.4, 0.5) is 0 Å². The van der Waals surface area contributed by atoms with Crippen LogP contribution in [0, 0.1) is 0 Å². The second-order valence-electron chi connectivity index (χ2n) is 4.85. The third kappa shape index (κ3) is 2.72. The van der Waals surface area contributed by atoms with Crippen LogP contribution in [-0.4, -0.2) is 35.6 Å². The Bertz CT molecular complexity index is 1010. The van der Waals surface area contributed by atoms with Gasteiger partial charge in [-0.3, -0.25) is 14.1 Å². The first-order chi connectivity index (χ1) is 10.7. The van der Waals surface area contributed by atoms with Gasteiger partial charge in [0.25, 0.3) is 10.1 Å². The van der Waals surface area contributed by atoms with E-state index in [0.29, 0.717) is 0 Å². The fourth-order valence-corrected chi connectivity index (χ4v) is 3.49. The predicted octanol–water partition coefficient (Wildman–Crippen LogP) is -1.48. The number of hydrogen-bond acceptors (Lipinski definition) is 5. The van der Waals surface area contributed by atoms with Crippen LogP contribution in [0.2, 0.25) is 0 Å². The van der Waals surface area contributed by atoms with Crippen molar-refractivity contribution in [2.45, 2.75) is 4.90 Å². The average molecular weight is 356 g/mol. The zero-order chi connectivity index (χ0) is 16.9. The maximum absolute atomic E-state index is 12.6. The van der Waals surface area contributed by atoms with Gasteiger partial charge in [0.15, 0.2) is 11.6 Å². The van der Waals surface area contributed by atoms with Crippen LogP contribution in [0.5, 0.6) is 0 Å². The number of carboxylic acid groups (broad SMARTS) is 1. The molecule has 0 spiro atoms. The Hall–Kier alpha value is -1.84. The van der Waals surface area contributed by atoms with Crippen LogP contribution < -0.4 is 29.6 Å². The smallest absolute Gasteiger partial charge is 1.00 e. The van der Waals surface area contributed by atoms with E-state index in [1.807, 2.05) is 0 Å². The van der Waals surface area contributed by atoms with Crippen molar-refractivity contribution in [2.24, 2.45) is 0 Å². The summed E-state index contributed by atoms with van der Waals surface area (Å²) in [4.78, 5) is 35.2. The van der Waals surface area contributed by atoms with Crippen LogP contribution in [0.15, 0.2) is 41.3 Å². The molecule has 0 aromatic heterocycles. The van der Waals surface area contributed by atoms with Gasteiger partial charge < -0.3 is 6.53 Å². The summed E-state index contributed by atoms with van der Waals surface area (Å²) in [6, 6.07) is 7.73. The summed E-state index contributed by atoms with van der Waals surface area (Å²) in [5.41, 5.74) is -1.60. The van der Waals surface area contributed by atoms with Crippen molar-refractivity contribution >= 4 is 27.7 Å². The molecule has 0 atom stereocenters. The minimum absolute atomic E-state index is 0. The Kier molecular flexibility index (Phi) is 4.80. The molecule has 7 nitrogen and oxygen atoms in total. The number of rotatable bonds is 2. The number of carbonyl (C=O) groups is 3. The van der Waals surface area contributed by atoms with Gasteiger partial charge in [-0.15, -0.1) is 0 Å². The molecule has 0 radical (unpaired) electrons. The molecule has 1 aliphatic carbocycles. The maximum Gasteiger partial charge on any atom is 1.00 e. The summed E-state index contributed by atoms with van der Waals surface area (Å²) >= 11 is 0. The predicted molar refractivity (Wildman–Crippen MR) is 77.6 cm³/mol. The summed E-state index contributed by atoms with van der Waals surface area (Å²) < 4.78 is 32.6. The summed E-state index contributed by atoms with van der Waals surface area (Å²) in [5, 5.41) is 9.11. The Balaban J connectivity index is 0.00000156. The summed E-state index contributed by atoms with van der Waals surface area (Å²) in [7, 11) is -5.03. The van der Waals surface area contributed by atoms with E-state index >= 15 is 0 Å². The van der Waals surface area contributed by atoms with Gasteiger partial charge in [0.1, 0.15) is 4.90 Å². The van der Waals surface area contributed by atoms with Crippen LogP contribution in [0.3, 0.4) is 0 Å². The van der Waals surface area contributed by atoms with E-state index in [4.69, 9.17) is 5.11 Å². The zero-order valence-electron chi connectivity index (χ0n) is 13.3. The van der Waals surface area contributed by atoms with Gasteiger partial charge in [0.05, 0.1) is 11.1 Å². The topological polar surface area (TPSA) is 126 Å². The number of hydrogen-bond donors (Lipinski definition) is 2. The molecule has 1 aliphatic rings. The zero-order valence-corrected chi connectivity index (χ0v) is 15.1. The van der Waals surface area contributed by atoms with Crippen molar-refractivity contribution in [2.75, 3.05) is 0 Å². The quantitative estimate of drug-likeness (QED) is 0.424. The molecule has 0 heterocycles. The second kappa shape index (κ2) is 6.23. The molecule has 3 rings (SSSR count). The second-order valence-corrected chi connectivity index (χ2v) is 6.21.